The molecule has 0 aliphatic carbocycles. The Labute approximate surface area is 125 Å². The summed E-state index contributed by atoms with van der Waals surface area (Å²) in [6.45, 7) is 0.774. The van der Waals surface area contributed by atoms with E-state index in [-0.39, 0.29) is 0 Å². The molecule has 0 radical (unpaired) electrons. The molecule has 0 spiro atoms. The molecule has 0 fully saturated rings. The molecule has 2 nitrogen and oxygen atoms in total. The van der Waals surface area contributed by atoms with E-state index in [1.807, 2.05) is 6.20 Å². The quantitative estimate of drug-likeness (QED) is 0.704. The fourth-order valence-electron chi connectivity index (χ4n) is 2.87. The van der Waals surface area contributed by atoms with Crippen LogP contribution < -0.4 is 0 Å². The highest BCUT2D eigenvalue weighted by Crippen LogP contribution is 2.23. The molecule has 2 aromatic carbocycles. The summed E-state index contributed by atoms with van der Waals surface area (Å²) in [5.41, 5.74) is 3.96. The number of aromatic amines is 1. The van der Waals surface area contributed by atoms with Crippen LogP contribution in [0.4, 0.5) is 0 Å². The Hall–Kier alpha value is -2.06. The van der Waals surface area contributed by atoms with Gasteiger partial charge in [-0.05, 0) is 47.6 Å². The summed E-state index contributed by atoms with van der Waals surface area (Å²) < 4.78 is 5.40. The Morgan fingerprint density at radius 2 is 1.90 bits per heavy atom. The predicted molar refractivity (Wildman–Crippen MR) is 87.7 cm³/mol. The number of benzene rings is 2. The maximum absolute atomic E-state index is 5.40. The molecule has 0 unspecified atom stereocenters. The van der Waals surface area contributed by atoms with E-state index in [1.165, 1.54) is 22.0 Å². The number of fused-ring (bicyclic) bond motifs is 1. The van der Waals surface area contributed by atoms with Crippen molar-refractivity contribution in [1.82, 2.24) is 4.98 Å². The first-order valence-corrected chi connectivity index (χ1v) is 7.47. The number of H-pyrrole nitrogens is 1. The second kappa shape index (κ2) is 6.59. The van der Waals surface area contributed by atoms with Gasteiger partial charge in [-0.1, -0.05) is 36.4 Å². The topological polar surface area (TPSA) is 25.0 Å². The Balaban J connectivity index is 1.71. The third-order valence-electron chi connectivity index (χ3n) is 4.04. The van der Waals surface area contributed by atoms with Crippen molar-refractivity contribution in [2.24, 2.45) is 0 Å². The van der Waals surface area contributed by atoms with Gasteiger partial charge >= 0.3 is 0 Å². The minimum atomic E-state index is 0.457. The number of hydrogen-bond donors (Lipinski definition) is 1. The van der Waals surface area contributed by atoms with Crippen LogP contribution in [0.1, 0.15) is 23.5 Å². The fraction of sp³-hybridized carbons (Fsp3) is 0.263. The molecule has 0 saturated carbocycles. The summed E-state index contributed by atoms with van der Waals surface area (Å²) in [6.07, 6.45) is 4.17. The predicted octanol–water partition coefficient (Wildman–Crippen LogP) is 4.53. The average molecular weight is 279 g/mol. The van der Waals surface area contributed by atoms with Crippen LogP contribution in [0.25, 0.3) is 10.9 Å². The minimum absolute atomic E-state index is 0.457. The van der Waals surface area contributed by atoms with Gasteiger partial charge in [-0.25, -0.2) is 0 Å². The molecule has 1 N–H and O–H groups in total. The molecule has 1 aromatic heterocycles. The van der Waals surface area contributed by atoms with Crippen LogP contribution in [-0.4, -0.2) is 18.7 Å². The molecule has 0 saturated heterocycles. The molecule has 3 rings (SSSR count). The van der Waals surface area contributed by atoms with Gasteiger partial charge in [0.05, 0.1) is 6.61 Å². The largest absolute Gasteiger partial charge is 0.384 e. The Morgan fingerprint density at radius 3 is 2.71 bits per heavy atom. The Bertz CT molecular complexity index is 687. The van der Waals surface area contributed by atoms with Gasteiger partial charge in [0.1, 0.15) is 0 Å². The number of ether oxygens (including phenoxy) is 1. The van der Waals surface area contributed by atoms with Gasteiger partial charge in [0.25, 0.3) is 0 Å². The van der Waals surface area contributed by atoms with Crippen LogP contribution in [0.5, 0.6) is 0 Å². The number of hydrogen-bond acceptors (Lipinski definition) is 1. The first-order valence-electron chi connectivity index (χ1n) is 7.47. The van der Waals surface area contributed by atoms with E-state index in [0.717, 1.165) is 19.4 Å². The molecule has 2 heteroatoms. The van der Waals surface area contributed by atoms with E-state index < -0.39 is 0 Å². The van der Waals surface area contributed by atoms with Crippen LogP contribution >= 0.6 is 0 Å². The molecule has 1 heterocycles. The van der Waals surface area contributed by atoms with Crippen molar-refractivity contribution in [1.29, 1.82) is 0 Å². The zero-order chi connectivity index (χ0) is 14.5. The van der Waals surface area contributed by atoms with E-state index >= 15 is 0 Å². The Morgan fingerprint density at radius 1 is 1.05 bits per heavy atom. The van der Waals surface area contributed by atoms with Gasteiger partial charge in [0, 0.05) is 24.7 Å². The molecule has 0 amide bonds. The van der Waals surface area contributed by atoms with Gasteiger partial charge in [-0.2, -0.15) is 0 Å². The number of aromatic nitrogens is 1. The molecule has 108 valence electrons. The lowest BCUT2D eigenvalue weighted by Crippen LogP contribution is -2.07. The van der Waals surface area contributed by atoms with Gasteiger partial charge in [-0.3, -0.25) is 0 Å². The standard InChI is InChI=1S/C19H21NO/c1-21-14-18(16-5-3-2-4-6-16)9-7-15-8-10-19-17(13-15)11-12-20-19/h2-6,8,10-13,18,20H,7,9,14H2,1H3/t18-/m0/s1. The first kappa shape index (κ1) is 13.9. The lowest BCUT2D eigenvalue weighted by Gasteiger charge is -2.16. The summed E-state index contributed by atoms with van der Waals surface area (Å²) in [7, 11) is 1.78. The van der Waals surface area contributed by atoms with Crippen molar-refractivity contribution < 1.29 is 4.74 Å². The number of rotatable bonds is 6. The zero-order valence-corrected chi connectivity index (χ0v) is 12.4. The summed E-state index contributed by atoms with van der Waals surface area (Å²) in [5, 5.41) is 1.29. The molecule has 3 aromatic rings. The Kier molecular flexibility index (Phi) is 4.37. The smallest absolute Gasteiger partial charge is 0.0531 e. The summed E-state index contributed by atoms with van der Waals surface area (Å²) >= 11 is 0. The molecule has 0 aliphatic rings. The number of nitrogens with one attached hydrogen (secondary N) is 1. The zero-order valence-electron chi connectivity index (χ0n) is 12.4. The van der Waals surface area contributed by atoms with E-state index in [9.17, 15) is 0 Å². The van der Waals surface area contributed by atoms with Crippen LogP contribution in [0.15, 0.2) is 60.8 Å². The van der Waals surface area contributed by atoms with Crippen molar-refractivity contribution in [3.63, 3.8) is 0 Å². The van der Waals surface area contributed by atoms with Crippen LogP contribution in [0.3, 0.4) is 0 Å². The summed E-state index contributed by atoms with van der Waals surface area (Å²) in [6, 6.07) is 19.4. The summed E-state index contributed by atoms with van der Waals surface area (Å²) in [5.74, 6) is 0.457. The minimum Gasteiger partial charge on any atom is -0.384 e. The lowest BCUT2D eigenvalue weighted by molar-refractivity contribution is 0.176. The van der Waals surface area contributed by atoms with E-state index in [2.05, 4.69) is 59.6 Å². The molecule has 21 heavy (non-hydrogen) atoms. The number of aryl methyl sites for hydroxylation is 1. The highest BCUT2D eigenvalue weighted by molar-refractivity contribution is 5.79. The average Bonchev–Trinajstić information content (AvgIpc) is 3.00. The maximum Gasteiger partial charge on any atom is 0.0531 e. The highest BCUT2D eigenvalue weighted by atomic mass is 16.5. The number of methoxy groups -OCH3 is 1. The normalized spacial score (nSPS) is 12.6. The van der Waals surface area contributed by atoms with Gasteiger partial charge in [0.15, 0.2) is 0 Å². The van der Waals surface area contributed by atoms with E-state index in [4.69, 9.17) is 4.74 Å². The van der Waals surface area contributed by atoms with Crippen molar-refractivity contribution in [3.8, 4) is 0 Å². The van der Waals surface area contributed by atoms with Crippen LogP contribution in [-0.2, 0) is 11.2 Å². The van der Waals surface area contributed by atoms with Crippen molar-refractivity contribution >= 4 is 10.9 Å². The van der Waals surface area contributed by atoms with Crippen molar-refractivity contribution in [3.05, 3.63) is 71.9 Å². The molecular weight excluding hydrogens is 258 g/mol. The second-order valence-corrected chi connectivity index (χ2v) is 5.50. The van der Waals surface area contributed by atoms with Crippen LogP contribution in [0, 0.1) is 0 Å². The summed E-state index contributed by atoms with van der Waals surface area (Å²) in [4.78, 5) is 3.24. The lowest BCUT2D eigenvalue weighted by atomic mass is 9.93. The molecule has 0 bridgehead atoms. The first-order chi connectivity index (χ1) is 10.4. The van der Waals surface area contributed by atoms with E-state index in [1.54, 1.807) is 7.11 Å². The fourth-order valence-corrected chi connectivity index (χ4v) is 2.87. The molecule has 1 atom stereocenters. The third kappa shape index (κ3) is 3.34. The van der Waals surface area contributed by atoms with Gasteiger partial charge in [0.2, 0.25) is 0 Å². The van der Waals surface area contributed by atoms with Crippen molar-refractivity contribution in [2.45, 2.75) is 18.8 Å². The molecule has 0 aliphatic heterocycles. The molecular formula is C19H21NO. The highest BCUT2D eigenvalue weighted by Gasteiger charge is 2.11. The van der Waals surface area contributed by atoms with Crippen molar-refractivity contribution in [2.75, 3.05) is 13.7 Å². The monoisotopic (exact) mass is 279 g/mol. The van der Waals surface area contributed by atoms with Gasteiger partial charge < -0.3 is 9.72 Å². The van der Waals surface area contributed by atoms with Crippen LogP contribution in [0.2, 0.25) is 0 Å². The van der Waals surface area contributed by atoms with E-state index in [0.29, 0.717) is 5.92 Å². The van der Waals surface area contributed by atoms with Gasteiger partial charge in [-0.15, -0.1) is 0 Å². The maximum atomic E-state index is 5.40. The SMILES string of the molecule is COC[C@H](CCc1ccc2[nH]ccc2c1)c1ccccc1. The second-order valence-electron chi connectivity index (χ2n) is 5.50. The third-order valence-corrected chi connectivity index (χ3v) is 4.04.